The molecule has 1 N–H and O–H groups in total. The van der Waals surface area contributed by atoms with Crippen molar-refractivity contribution >= 4 is 21.8 Å². The zero-order valence-corrected chi connectivity index (χ0v) is 12.2. The summed E-state index contributed by atoms with van der Waals surface area (Å²) in [6.45, 7) is 4.97. The van der Waals surface area contributed by atoms with Gasteiger partial charge in [0.1, 0.15) is 5.82 Å². The van der Waals surface area contributed by atoms with Crippen LogP contribution in [0.15, 0.2) is 22.7 Å². The molecule has 2 nitrogen and oxygen atoms in total. The number of carbonyl (C=O) groups is 1. The van der Waals surface area contributed by atoms with Gasteiger partial charge in [-0.3, -0.25) is 4.79 Å². The Kier molecular flexibility index (Phi) is 3.76. The molecule has 0 aliphatic heterocycles. The van der Waals surface area contributed by atoms with Gasteiger partial charge in [-0.1, -0.05) is 29.8 Å². The average molecular weight is 314 g/mol. The summed E-state index contributed by atoms with van der Waals surface area (Å²) in [6.07, 6.45) is 2.29. The van der Waals surface area contributed by atoms with Crippen LogP contribution >= 0.6 is 15.9 Å². The molecule has 4 heteroatoms. The van der Waals surface area contributed by atoms with Crippen molar-refractivity contribution in [3.05, 3.63) is 34.1 Å². The zero-order chi connectivity index (χ0) is 13.3. The smallest absolute Gasteiger partial charge is 0.254 e. The Morgan fingerprint density at radius 2 is 2.17 bits per heavy atom. The number of hydrogen-bond donors (Lipinski definition) is 1. The van der Waals surface area contributed by atoms with Crippen LogP contribution in [0.1, 0.15) is 37.0 Å². The van der Waals surface area contributed by atoms with Gasteiger partial charge in [0.15, 0.2) is 0 Å². The first-order valence-electron chi connectivity index (χ1n) is 6.18. The summed E-state index contributed by atoms with van der Waals surface area (Å²) in [5, 5.41) is 2.85. The molecule has 2 rings (SSSR count). The molecule has 1 aliphatic rings. The summed E-state index contributed by atoms with van der Waals surface area (Å²) in [5.41, 5.74) is 0.335. The molecular formula is C14H17BrFNO. The number of rotatable bonds is 4. The Labute approximate surface area is 115 Å². The summed E-state index contributed by atoms with van der Waals surface area (Å²) in [6, 6.07) is 4.40. The van der Waals surface area contributed by atoms with Crippen LogP contribution in [0.5, 0.6) is 0 Å². The molecule has 0 aromatic heterocycles. The van der Waals surface area contributed by atoms with Crippen LogP contribution in [0.4, 0.5) is 4.39 Å². The van der Waals surface area contributed by atoms with Gasteiger partial charge in [-0.05, 0) is 42.4 Å². The number of benzene rings is 1. The highest BCUT2D eigenvalue weighted by atomic mass is 79.9. The molecule has 0 saturated heterocycles. The van der Waals surface area contributed by atoms with Gasteiger partial charge >= 0.3 is 0 Å². The van der Waals surface area contributed by atoms with Gasteiger partial charge in [-0.2, -0.15) is 0 Å². The molecule has 0 bridgehead atoms. The highest BCUT2D eigenvalue weighted by Gasteiger charge is 2.45. The molecule has 1 amide bonds. The summed E-state index contributed by atoms with van der Waals surface area (Å²) in [7, 11) is 0. The lowest BCUT2D eigenvalue weighted by Crippen LogP contribution is -2.33. The molecule has 18 heavy (non-hydrogen) atoms. The Bertz CT molecular complexity index is 469. The van der Waals surface area contributed by atoms with Crippen molar-refractivity contribution in [2.45, 2.75) is 26.7 Å². The quantitative estimate of drug-likeness (QED) is 0.901. The van der Waals surface area contributed by atoms with E-state index in [9.17, 15) is 9.18 Å². The number of hydrogen-bond acceptors (Lipinski definition) is 1. The van der Waals surface area contributed by atoms with E-state index in [2.05, 4.69) is 35.1 Å². The van der Waals surface area contributed by atoms with Crippen molar-refractivity contribution in [3.63, 3.8) is 0 Å². The van der Waals surface area contributed by atoms with Gasteiger partial charge in [0, 0.05) is 11.0 Å². The van der Waals surface area contributed by atoms with Gasteiger partial charge in [0.25, 0.3) is 5.91 Å². The largest absolute Gasteiger partial charge is 0.351 e. The first kappa shape index (κ1) is 13.5. The van der Waals surface area contributed by atoms with Gasteiger partial charge in [0.05, 0.1) is 5.56 Å². The minimum Gasteiger partial charge on any atom is -0.351 e. The highest BCUT2D eigenvalue weighted by Crippen LogP contribution is 2.51. The minimum atomic E-state index is -0.481. The molecule has 98 valence electrons. The predicted molar refractivity (Wildman–Crippen MR) is 72.9 cm³/mol. The van der Waals surface area contributed by atoms with E-state index in [-0.39, 0.29) is 16.9 Å². The molecule has 1 saturated carbocycles. The molecule has 0 unspecified atom stereocenters. The molecule has 0 spiro atoms. The molecular weight excluding hydrogens is 297 g/mol. The normalized spacial score (nSPS) is 16.7. The second-order valence-electron chi connectivity index (χ2n) is 5.32. The first-order valence-corrected chi connectivity index (χ1v) is 6.97. The summed E-state index contributed by atoms with van der Waals surface area (Å²) in [4.78, 5) is 11.9. The minimum absolute atomic E-state index is 0.101. The van der Waals surface area contributed by atoms with Crippen LogP contribution < -0.4 is 5.32 Å². The maximum absolute atomic E-state index is 13.5. The van der Waals surface area contributed by atoms with E-state index in [1.807, 2.05) is 0 Å². The SMILES string of the molecule is CC(C)C1(CNC(=O)c2cc(Br)ccc2F)CC1. The third-order valence-electron chi connectivity index (χ3n) is 3.89. The van der Waals surface area contributed by atoms with Crippen LogP contribution in [-0.4, -0.2) is 12.5 Å². The second kappa shape index (κ2) is 5.00. The molecule has 1 fully saturated rings. The van der Waals surface area contributed by atoms with E-state index in [1.165, 1.54) is 12.1 Å². The van der Waals surface area contributed by atoms with Crippen molar-refractivity contribution in [2.24, 2.45) is 11.3 Å². The van der Waals surface area contributed by atoms with Gasteiger partial charge in [-0.15, -0.1) is 0 Å². The van der Waals surface area contributed by atoms with Crippen molar-refractivity contribution in [2.75, 3.05) is 6.54 Å². The standard InChI is InChI=1S/C14H17BrFNO/c1-9(2)14(5-6-14)8-17-13(18)11-7-10(15)3-4-12(11)16/h3-4,7,9H,5-6,8H2,1-2H3,(H,17,18). The average Bonchev–Trinajstić information content (AvgIpc) is 3.10. The van der Waals surface area contributed by atoms with E-state index in [4.69, 9.17) is 0 Å². The number of nitrogens with one attached hydrogen (secondary N) is 1. The van der Waals surface area contributed by atoms with Crippen LogP contribution in [0.25, 0.3) is 0 Å². The highest BCUT2D eigenvalue weighted by molar-refractivity contribution is 9.10. The summed E-state index contributed by atoms with van der Waals surface area (Å²) in [5.74, 6) is -0.268. The van der Waals surface area contributed by atoms with E-state index < -0.39 is 5.82 Å². The number of halogens is 2. The fraction of sp³-hybridized carbons (Fsp3) is 0.500. The zero-order valence-electron chi connectivity index (χ0n) is 10.6. The van der Waals surface area contributed by atoms with Crippen molar-refractivity contribution < 1.29 is 9.18 Å². The second-order valence-corrected chi connectivity index (χ2v) is 6.24. The Morgan fingerprint density at radius 1 is 1.50 bits per heavy atom. The fourth-order valence-electron chi connectivity index (χ4n) is 2.14. The molecule has 0 heterocycles. The third-order valence-corrected chi connectivity index (χ3v) is 4.38. The van der Waals surface area contributed by atoms with Gasteiger partial charge < -0.3 is 5.32 Å². The maximum atomic E-state index is 13.5. The Morgan fingerprint density at radius 3 is 2.72 bits per heavy atom. The third kappa shape index (κ3) is 2.74. The lowest BCUT2D eigenvalue weighted by Gasteiger charge is -2.20. The van der Waals surface area contributed by atoms with Gasteiger partial charge in [0.2, 0.25) is 0 Å². The molecule has 0 radical (unpaired) electrons. The fourth-order valence-corrected chi connectivity index (χ4v) is 2.50. The molecule has 1 aromatic rings. The van der Waals surface area contributed by atoms with Crippen molar-refractivity contribution in [1.29, 1.82) is 0 Å². The van der Waals surface area contributed by atoms with E-state index in [0.717, 1.165) is 12.8 Å². The summed E-state index contributed by atoms with van der Waals surface area (Å²) >= 11 is 3.24. The van der Waals surface area contributed by atoms with E-state index in [1.54, 1.807) is 6.07 Å². The molecule has 1 aliphatic carbocycles. The van der Waals surface area contributed by atoms with Crippen LogP contribution in [0.2, 0.25) is 0 Å². The monoisotopic (exact) mass is 313 g/mol. The Balaban J connectivity index is 2.02. The van der Waals surface area contributed by atoms with Gasteiger partial charge in [-0.25, -0.2) is 4.39 Å². The van der Waals surface area contributed by atoms with Crippen molar-refractivity contribution in [1.82, 2.24) is 5.32 Å². The number of carbonyl (C=O) groups excluding carboxylic acids is 1. The Hall–Kier alpha value is -0.900. The lowest BCUT2D eigenvalue weighted by atomic mass is 9.92. The topological polar surface area (TPSA) is 29.1 Å². The summed E-state index contributed by atoms with van der Waals surface area (Å²) < 4.78 is 14.2. The number of amides is 1. The van der Waals surface area contributed by atoms with E-state index in [0.29, 0.717) is 16.9 Å². The molecule has 1 aromatic carbocycles. The van der Waals surface area contributed by atoms with Crippen molar-refractivity contribution in [3.8, 4) is 0 Å². The first-order chi connectivity index (χ1) is 8.44. The molecule has 0 atom stereocenters. The van der Waals surface area contributed by atoms with Crippen LogP contribution in [0, 0.1) is 17.2 Å². The van der Waals surface area contributed by atoms with E-state index >= 15 is 0 Å². The predicted octanol–water partition coefficient (Wildman–Crippen LogP) is 3.75. The van der Waals surface area contributed by atoms with Crippen LogP contribution in [0.3, 0.4) is 0 Å². The van der Waals surface area contributed by atoms with Crippen LogP contribution in [-0.2, 0) is 0 Å². The maximum Gasteiger partial charge on any atom is 0.254 e. The lowest BCUT2D eigenvalue weighted by molar-refractivity contribution is 0.0935.